The van der Waals surface area contributed by atoms with E-state index in [4.69, 9.17) is 4.74 Å². The molecule has 0 bridgehead atoms. The van der Waals surface area contributed by atoms with Crippen LogP contribution in [-0.4, -0.2) is 61.9 Å². The van der Waals surface area contributed by atoms with Crippen molar-refractivity contribution >= 4 is 15.9 Å². The molecule has 3 rings (SSSR count). The maximum atomic E-state index is 12.9. The molecule has 0 atom stereocenters. The number of hydrogen-bond donors (Lipinski definition) is 0. The zero-order valence-electron chi connectivity index (χ0n) is 14.9. The van der Waals surface area contributed by atoms with Crippen molar-refractivity contribution in [1.82, 2.24) is 9.21 Å². The molecule has 2 saturated heterocycles. The molecule has 2 fully saturated rings. The Morgan fingerprint density at radius 2 is 1.88 bits per heavy atom. The van der Waals surface area contributed by atoms with Crippen LogP contribution in [0.2, 0.25) is 0 Å². The van der Waals surface area contributed by atoms with Crippen LogP contribution >= 0.6 is 0 Å². The number of morpholine rings is 1. The van der Waals surface area contributed by atoms with Gasteiger partial charge in [-0.1, -0.05) is 12.1 Å². The number of rotatable bonds is 5. The Kier molecular flexibility index (Phi) is 5.18. The molecule has 25 heavy (non-hydrogen) atoms. The third-order valence-electron chi connectivity index (χ3n) is 4.92. The summed E-state index contributed by atoms with van der Waals surface area (Å²) in [6.45, 7) is 6.47. The third-order valence-corrected chi connectivity index (χ3v) is 7.05. The number of sulfonamides is 1. The second-order valence-corrected chi connectivity index (χ2v) is 9.18. The lowest BCUT2D eigenvalue weighted by Gasteiger charge is -2.40. The van der Waals surface area contributed by atoms with Crippen LogP contribution in [0.1, 0.15) is 32.3 Å². The number of amides is 1. The van der Waals surface area contributed by atoms with Crippen LogP contribution in [0.15, 0.2) is 29.2 Å². The summed E-state index contributed by atoms with van der Waals surface area (Å²) < 4.78 is 32.8. The van der Waals surface area contributed by atoms with Crippen molar-refractivity contribution in [2.75, 3.05) is 32.8 Å². The van der Waals surface area contributed by atoms with E-state index in [9.17, 15) is 13.2 Å². The zero-order chi connectivity index (χ0) is 18.1. The zero-order valence-corrected chi connectivity index (χ0v) is 15.7. The lowest BCUT2D eigenvalue weighted by atomic mass is 10.1. The topological polar surface area (TPSA) is 66.9 Å². The SMILES string of the molecule is CC1(C)COCCN1S(=O)(=O)c1ccc(CCN2CCCC2=O)cc1. The summed E-state index contributed by atoms with van der Waals surface area (Å²) in [6, 6.07) is 7.03. The highest BCUT2D eigenvalue weighted by atomic mass is 32.2. The van der Waals surface area contributed by atoms with Crippen LogP contribution in [0.4, 0.5) is 0 Å². The van der Waals surface area contributed by atoms with Crippen molar-refractivity contribution < 1.29 is 17.9 Å². The molecule has 0 radical (unpaired) electrons. The van der Waals surface area contributed by atoms with Gasteiger partial charge in [0.25, 0.3) is 0 Å². The molecule has 0 unspecified atom stereocenters. The number of benzene rings is 1. The maximum Gasteiger partial charge on any atom is 0.243 e. The van der Waals surface area contributed by atoms with Crippen LogP contribution < -0.4 is 0 Å². The molecule has 1 aromatic rings. The van der Waals surface area contributed by atoms with E-state index < -0.39 is 15.6 Å². The van der Waals surface area contributed by atoms with Gasteiger partial charge in [0.1, 0.15) is 0 Å². The maximum absolute atomic E-state index is 12.9. The van der Waals surface area contributed by atoms with Gasteiger partial charge < -0.3 is 9.64 Å². The predicted octanol–water partition coefficient (Wildman–Crippen LogP) is 1.65. The van der Waals surface area contributed by atoms with Crippen LogP contribution in [0, 0.1) is 0 Å². The summed E-state index contributed by atoms with van der Waals surface area (Å²) in [5.41, 5.74) is 0.492. The van der Waals surface area contributed by atoms with Gasteiger partial charge >= 0.3 is 0 Å². The lowest BCUT2D eigenvalue weighted by Crippen LogP contribution is -2.55. The first kappa shape index (κ1) is 18.4. The van der Waals surface area contributed by atoms with Crippen molar-refractivity contribution in [3.05, 3.63) is 29.8 Å². The van der Waals surface area contributed by atoms with E-state index in [1.165, 1.54) is 4.31 Å². The summed E-state index contributed by atoms with van der Waals surface area (Å²) in [4.78, 5) is 13.8. The van der Waals surface area contributed by atoms with Gasteiger partial charge in [0.15, 0.2) is 0 Å². The van der Waals surface area contributed by atoms with E-state index in [0.29, 0.717) is 37.6 Å². The van der Waals surface area contributed by atoms with Crippen LogP contribution in [0.5, 0.6) is 0 Å². The second-order valence-electron chi connectivity index (χ2n) is 7.32. The van der Waals surface area contributed by atoms with Crippen molar-refractivity contribution in [2.45, 2.75) is 43.5 Å². The van der Waals surface area contributed by atoms with Gasteiger partial charge in [-0.25, -0.2) is 8.42 Å². The Morgan fingerprint density at radius 3 is 2.48 bits per heavy atom. The quantitative estimate of drug-likeness (QED) is 0.795. The van der Waals surface area contributed by atoms with Crippen molar-refractivity contribution in [3.8, 4) is 0 Å². The van der Waals surface area contributed by atoms with E-state index in [0.717, 1.165) is 24.9 Å². The molecule has 7 heteroatoms. The van der Waals surface area contributed by atoms with Crippen molar-refractivity contribution in [1.29, 1.82) is 0 Å². The van der Waals surface area contributed by atoms with Gasteiger partial charge in [-0.15, -0.1) is 0 Å². The van der Waals surface area contributed by atoms with Gasteiger partial charge in [-0.05, 0) is 44.4 Å². The Balaban J connectivity index is 1.69. The number of nitrogens with zero attached hydrogens (tertiary/aromatic N) is 2. The number of carbonyl (C=O) groups excluding carboxylic acids is 1. The molecule has 2 heterocycles. The molecule has 0 aromatic heterocycles. The minimum Gasteiger partial charge on any atom is -0.378 e. The molecule has 0 saturated carbocycles. The number of carbonyl (C=O) groups is 1. The molecule has 6 nitrogen and oxygen atoms in total. The molecule has 2 aliphatic rings. The molecule has 0 N–H and O–H groups in total. The van der Waals surface area contributed by atoms with E-state index in [-0.39, 0.29) is 5.91 Å². The third kappa shape index (κ3) is 3.88. The summed E-state index contributed by atoms with van der Waals surface area (Å²) in [5.74, 6) is 0.216. The number of hydrogen-bond acceptors (Lipinski definition) is 4. The summed E-state index contributed by atoms with van der Waals surface area (Å²) in [7, 11) is -3.54. The molecular weight excluding hydrogens is 340 g/mol. The summed E-state index contributed by atoms with van der Waals surface area (Å²) >= 11 is 0. The van der Waals surface area contributed by atoms with Crippen LogP contribution in [-0.2, 0) is 26.0 Å². The Bertz CT molecular complexity index is 728. The van der Waals surface area contributed by atoms with E-state index >= 15 is 0 Å². The average Bonchev–Trinajstić information content (AvgIpc) is 2.98. The van der Waals surface area contributed by atoms with Crippen molar-refractivity contribution in [2.24, 2.45) is 0 Å². The molecule has 138 valence electrons. The Hall–Kier alpha value is -1.44. The van der Waals surface area contributed by atoms with Gasteiger partial charge in [0.05, 0.1) is 23.6 Å². The first-order valence-electron chi connectivity index (χ1n) is 8.78. The number of ether oxygens (including phenoxy) is 1. The highest BCUT2D eigenvalue weighted by molar-refractivity contribution is 7.89. The molecule has 0 aliphatic carbocycles. The van der Waals surface area contributed by atoms with Crippen LogP contribution in [0.25, 0.3) is 0 Å². The fraction of sp³-hybridized carbons (Fsp3) is 0.611. The summed E-state index contributed by atoms with van der Waals surface area (Å²) in [6.07, 6.45) is 2.33. The normalized spacial score (nSPS) is 21.7. The predicted molar refractivity (Wildman–Crippen MR) is 94.7 cm³/mol. The largest absolute Gasteiger partial charge is 0.378 e. The second kappa shape index (κ2) is 7.05. The van der Waals surface area contributed by atoms with E-state index in [2.05, 4.69) is 0 Å². The minimum atomic E-state index is -3.54. The standard InChI is InChI=1S/C18H26N2O4S/c1-18(2)14-24-13-12-20(18)25(22,23)16-7-5-15(6-8-16)9-11-19-10-3-4-17(19)21/h5-8H,3-4,9-14H2,1-2H3. The lowest BCUT2D eigenvalue weighted by molar-refractivity contribution is -0.127. The first-order valence-corrected chi connectivity index (χ1v) is 10.2. The Morgan fingerprint density at radius 1 is 1.16 bits per heavy atom. The van der Waals surface area contributed by atoms with E-state index in [1.54, 1.807) is 12.1 Å². The minimum absolute atomic E-state index is 0.216. The molecule has 0 spiro atoms. The monoisotopic (exact) mass is 366 g/mol. The fourth-order valence-electron chi connectivity index (χ4n) is 3.45. The average molecular weight is 366 g/mol. The molecular formula is C18H26N2O4S. The highest BCUT2D eigenvalue weighted by Crippen LogP contribution is 2.27. The van der Waals surface area contributed by atoms with Gasteiger partial charge in [-0.3, -0.25) is 4.79 Å². The Labute approximate surface area is 149 Å². The van der Waals surface area contributed by atoms with Crippen molar-refractivity contribution in [3.63, 3.8) is 0 Å². The van der Waals surface area contributed by atoms with Gasteiger partial charge in [0.2, 0.25) is 15.9 Å². The fourth-order valence-corrected chi connectivity index (χ4v) is 5.20. The number of likely N-dealkylation sites (tertiary alicyclic amines) is 1. The van der Waals surface area contributed by atoms with E-state index in [1.807, 2.05) is 30.9 Å². The van der Waals surface area contributed by atoms with Gasteiger partial charge in [0, 0.05) is 26.1 Å². The van der Waals surface area contributed by atoms with Gasteiger partial charge in [-0.2, -0.15) is 4.31 Å². The molecule has 2 aliphatic heterocycles. The van der Waals surface area contributed by atoms with Crippen LogP contribution in [0.3, 0.4) is 0 Å². The smallest absolute Gasteiger partial charge is 0.243 e. The first-order chi connectivity index (χ1) is 11.8. The highest BCUT2D eigenvalue weighted by Gasteiger charge is 2.39. The molecule has 1 amide bonds. The molecule has 1 aromatic carbocycles. The summed E-state index contributed by atoms with van der Waals surface area (Å²) in [5, 5.41) is 0.